The molecule has 0 radical (unpaired) electrons. The van der Waals surface area contributed by atoms with Gasteiger partial charge in [0.15, 0.2) is 0 Å². The van der Waals surface area contributed by atoms with Gasteiger partial charge in [0.2, 0.25) is 5.82 Å². The number of benzene rings is 1. The predicted molar refractivity (Wildman–Crippen MR) is 72.9 cm³/mol. The average Bonchev–Trinajstić information content (AvgIpc) is 2.62. The highest BCUT2D eigenvalue weighted by Crippen LogP contribution is 2.34. The molecule has 4 nitrogen and oxygen atoms in total. The molecule has 0 spiro atoms. The van der Waals surface area contributed by atoms with Crippen molar-refractivity contribution in [2.45, 2.75) is 45.1 Å². The molecule has 5 heteroatoms. The first-order chi connectivity index (χ1) is 9.15. The van der Waals surface area contributed by atoms with E-state index in [4.69, 9.17) is 0 Å². The van der Waals surface area contributed by atoms with Gasteiger partial charge in [0, 0.05) is 12.6 Å². The van der Waals surface area contributed by atoms with Gasteiger partial charge in [0.1, 0.15) is 5.69 Å². The van der Waals surface area contributed by atoms with Crippen LogP contribution in [0.3, 0.4) is 0 Å². The third kappa shape index (κ3) is 2.85. The van der Waals surface area contributed by atoms with Crippen LogP contribution in [0.15, 0.2) is 18.2 Å². The molecule has 1 saturated heterocycles. The Kier molecular flexibility index (Phi) is 4.35. The van der Waals surface area contributed by atoms with Gasteiger partial charge in [0.05, 0.1) is 4.92 Å². The molecule has 1 aromatic carbocycles. The molecule has 1 aromatic rings. The number of hydrogen-bond donors (Lipinski definition) is 0. The summed E-state index contributed by atoms with van der Waals surface area (Å²) >= 11 is 0. The second-order valence-corrected chi connectivity index (χ2v) is 4.97. The summed E-state index contributed by atoms with van der Waals surface area (Å²) < 4.78 is 13.7. The van der Waals surface area contributed by atoms with Gasteiger partial charge in [-0.25, -0.2) is 0 Å². The molecule has 0 aliphatic carbocycles. The van der Waals surface area contributed by atoms with E-state index in [0.29, 0.717) is 5.69 Å². The number of para-hydroxylation sites is 1. The molecule has 0 saturated carbocycles. The number of rotatable bonds is 3. The fourth-order valence-corrected chi connectivity index (χ4v) is 2.84. The molecule has 1 aliphatic rings. The molecule has 2 rings (SSSR count). The molecule has 1 aliphatic heterocycles. The van der Waals surface area contributed by atoms with Crippen molar-refractivity contribution in [2.24, 2.45) is 0 Å². The normalized spacial score (nSPS) is 20.1. The number of nitro groups is 1. The lowest BCUT2D eigenvalue weighted by Gasteiger charge is -2.31. The zero-order valence-corrected chi connectivity index (χ0v) is 11.1. The van der Waals surface area contributed by atoms with E-state index in [1.165, 1.54) is 0 Å². The highest BCUT2D eigenvalue weighted by molar-refractivity contribution is 5.64. The van der Waals surface area contributed by atoms with Crippen molar-refractivity contribution >= 4 is 11.4 Å². The Labute approximate surface area is 112 Å². The van der Waals surface area contributed by atoms with Crippen LogP contribution in [0.25, 0.3) is 0 Å². The van der Waals surface area contributed by atoms with E-state index in [0.717, 1.165) is 44.7 Å². The Balaban J connectivity index is 2.43. The number of nitro benzene ring substituents is 1. The molecule has 0 N–H and O–H groups in total. The molecule has 0 aromatic heterocycles. The zero-order chi connectivity index (χ0) is 13.8. The Hall–Kier alpha value is -1.65. The van der Waals surface area contributed by atoms with Gasteiger partial charge < -0.3 is 4.90 Å². The quantitative estimate of drug-likeness (QED) is 0.616. The smallest absolute Gasteiger partial charge is 0.327 e. The molecule has 1 atom stereocenters. The van der Waals surface area contributed by atoms with E-state index < -0.39 is 10.7 Å². The lowest BCUT2D eigenvalue weighted by molar-refractivity contribution is -0.386. The predicted octanol–water partition coefficient (Wildman–Crippen LogP) is 3.89. The molecular formula is C14H19FN2O2. The second kappa shape index (κ2) is 5.99. The number of nitrogens with zero attached hydrogens (tertiary/aromatic N) is 2. The second-order valence-electron chi connectivity index (χ2n) is 4.97. The first kappa shape index (κ1) is 13.8. The Morgan fingerprint density at radius 3 is 2.89 bits per heavy atom. The van der Waals surface area contributed by atoms with Gasteiger partial charge in [0.25, 0.3) is 0 Å². The summed E-state index contributed by atoms with van der Waals surface area (Å²) in [6, 6.07) is 4.63. The van der Waals surface area contributed by atoms with Crippen LogP contribution >= 0.6 is 0 Å². The maximum absolute atomic E-state index is 13.7. The summed E-state index contributed by atoms with van der Waals surface area (Å²) in [6.45, 7) is 2.84. The summed E-state index contributed by atoms with van der Waals surface area (Å²) in [4.78, 5) is 12.5. The van der Waals surface area contributed by atoms with Crippen molar-refractivity contribution in [1.29, 1.82) is 0 Å². The van der Waals surface area contributed by atoms with Crippen molar-refractivity contribution in [2.75, 3.05) is 11.4 Å². The minimum atomic E-state index is -0.749. The van der Waals surface area contributed by atoms with E-state index >= 15 is 0 Å². The third-order valence-electron chi connectivity index (χ3n) is 3.81. The Morgan fingerprint density at radius 1 is 1.42 bits per heavy atom. The van der Waals surface area contributed by atoms with Gasteiger partial charge in [-0.05, 0) is 31.4 Å². The van der Waals surface area contributed by atoms with Crippen LogP contribution in [0, 0.1) is 15.9 Å². The van der Waals surface area contributed by atoms with Gasteiger partial charge in [-0.3, -0.25) is 10.1 Å². The Bertz CT molecular complexity index is 465. The van der Waals surface area contributed by atoms with Crippen molar-refractivity contribution in [1.82, 2.24) is 0 Å². The number of anilines is 1. The van der Waals surface area contributed by atoms with E-state index in [9.17, 15) is 14.5 Å². The molecule has 19 heavy (non-hydrogen) atoms. The van der Waals surface area contributed by atoms with Crippen LogP contribution in [0.2, 0.25) is 0 Å². The van der Waals surface area contributed by atoms with E-state index in [-0.39, 0.29) is 11.7 Å². The standard InChI is InChI=1S/C14H19FN2O2/c1-2-11-7-4-3-5-10-16(11)13-9-6-8-12(15)14(13)17(18)19/h6,8-9,11H,2-5,7,10H2,1H3. The molecule has 1 fully saturated rings. The van der Waals surface area contributed by atoms with Crippen molar-refractivity contribution < 1.29 is 9.31 Å². The van der Waals surface area contributed by atoms with E-state index in [2.05, 4.69) is 6.92 Å². The summed E-state index contributed by atoms with van der Waals surface area (Å²) in [5.74, 6) is -0.749. The average molecular weight is 266 g/mol. The monoisotopic (exact) mass is 266 g/mol. The van der Waals surface area contributed by atoms with Crippen molar-refractivity contribution in [3.63, 3.8) is 0 Å². The van der Waals surface area contributed by atoms with Crippen LogP contribution in [0.4, 0.5) is 15.8 Å². The SMILES string of the molecule is CCC1CCCCCN1c1cccc(F)c1[N+](=O)[O-]. The van der Waals surface area contributed by atoms with E-state index in [1.807, 2.05) is 4.90 Å². The Morgan fingerprint density at radius 2 is 2.21 bits per heavy atom. The summed E-state index contributed by atoms with van der Waals surface area (Å²) in [5.41, 5.74) is 0.0431. The fourth-order valence-electron chi connectivity index (χ4n) is 2.84. The largest absolute Gasteiger partial charge is 0.363 e. The highest BCUT2D eigenvalue weighted by atomic mass is 19.1. The van der Waals surface area contributed by atoms with Crippen LogP contribution in [-0.2, 0) is 0 Å². The molecule has 0 amide bonds. The molecular weight excluding hydrogens is 247 g/mol. The minimum Gasteiger partial charge on any atom is -0.363 e. The van der Waals surface area contributed by atoms with Crippen LogP contribution in [0.1, 0.15) is 39.0 Å². The first-order valence-electron chi connectivity index (χ1n) is 6.84. The van der Waals surface area contributed by atoms with Gasteiger partial charge in [-0.1, -0.05) is 25.8 Å². The third-order valence-corrected chi connectivity index (χ3v) is 3.81. The summed E-state index contributed by atoms with van der Waals surface area (Å²) in [5, 5.41) is 11.1. The molecule has 104 valence electrons. The lowest BCUT2D eigenvalue weighted by Crippen LogP contribution is -2.34. The van der Waals surface area contributed by atoms with E-state index in [1.54, 1.807) is 12.1 Å². The van der Waals surface area contributed by atoms with Crippen LogP contribution in [-0.4, -0.2) is 17.5 Å². The summed E-state index contributed by atoms with van der Waals surface area (Å²) in [7, 11) is 0. The number of hydrogen-bond acceptors (Lipinski definition) is 3. The van der Waals surface area contributed by atoms with Crippen LogP contribution < -0.4 is 4.90 Å². The maximum atomic E-state index is 13.7. The maximum Gasteiger partial charge on any atom is 0.327 e. The highest BCUT2D eigenvalue weighted by Gasteiger charge is 2.28. The topological polar surface area (TPSA) is 46.4 Å². The van der Waals surface area contributed by atoms with Crippen molar-refractivity contribution in [3.8, 4) is 0 Å². The first-order valence-corrected chi connectivity index (χ1v) is 6.84. The summed E-state index contributed by atoms with van der Waals surface area (Å²) in [6.07, 6.45) is 5.22. The molecule has 0 bridgehead atoms. The van der Waals surface area contributed by atoms with Gasteiger partial charge in [-0.15, -0.1) is 0 Å². The fraction of sp³-hybridized carbons (Fsp3) is 0.571. The number of halogens is 1. The molecule has 1 heterocycles. The minimum absolute atomic E-state index is 0.267. The van der Waals surface area contributed by atoms with Crippen molar-refractivity contribution in [3.05, 3.63) is 34.1 Å². The van der Waals surface area contributed by atoms with Gasteiger partial charge in [-0.2, -0.15) is 4.39 Å². The van der Waals surface area contributed by atoms with Gasteiger partial charge >= 0.3 is 5.69 Å². The molecule has 1 unspecified atom stereocenters. The van der Waals surface area contributed by atoms with Crippen LogP contribution in [0.5, 0.6) is 0 Å². The zero-order valence-electron chi connectivity index (χ0n) is 11.1. The lowest BCUT2D eigenvalue weighted by atomic mass is 10.1.